The summed E-state index contributed by atoms with van der Waals surface area (Å²) in [6.45, 7) is 3.81. The van der Waals surface area contributed by atoms with Crippen LogP contribution in [0.3, 0.4) is 0 Å². The van der Waals surface area contributed by atoms with Crippen molar-refractivity contribution < 1.29 is 19.4 Å². The molecule has 0 radical (unpaired) electrons. The van der Waals surface area contributed by atoms with Crippen LogP contribution in [0.15, 0.2) is 46.9 Å². The van der Waals surface area contributed by atoms with Gasteiger partial charge in [0, 0.05) is 23.6 Å². The van der Waals surface area contributed by atoms with E-state index in [0.29, 0.717) is 29.8 Å². The molecule has 2 aromatic carbocycles. The number of primary amides is 1. The summed E-state index contributed by atoms with van der Waals surface area (Å²) < 4.78 is 3.07. The number of anilines is 1. The smallest absolute Gasteiger partial charge is 0.351 e. The van der Waals surface area contributed by atoms with Crippen molar-refractivity contribution >= 4 is 44.5 Å². The molecule has 3 aromatic rings. The molecule has 0 bridgehead atoms. The number of nitrogens with zero attached hydrogens (tertiary/aromatic N) is 1. The van der Waals surface area contributed by atoms with E-state index in [4.69, 9.17) is 15.5 Å². The first-order valence-corrected chi connectivity index (χ1v) is 9.50. The third-order valence-electron chi connectivity index (χ3n) is 4.28. The van der Waals surface area contributed by atoms with E-state index in [0.717, 1.165) is 21.2 Å². The highest BCUT2D eigenvalue weighted by Crippen LogP contribution is 2.39. The van der Waals surface area contributed by atoms with E-state index in [1.54, 1.807) is 12.1 Å². The molecule has 0 saturated heterocycles. The van der Waals surface area contributed by atoms with E-state index in [-0.39, 0.29) is 0 Å². The van der Waals surface area contributed by atoms with Gasteiger partial charge >= 0.3 is 12.0 Å². The molecule has 3 rings (SSSR count). The summed E-state index contributed by atoms with van der Waals surface area (Å²) >= 11 is 3.58. The molecule has 3 N–H and O–H groups in total. The highest BCUT2D eigenvalue weighted by atomic mass is 79.9. The van der Waals surface area contributed by atoms with Gasteiger partial charge in [-0.15, -0.1) is 0 Å². The molecular formula is C20H20BrN3O4. The molecule has 0 aliphatic rings. The number of hydrogen-bond acceptors (Lipinski definition) is 4. The van der Waals surface area contributed by atoms with E-state index in [9.17, 15) is 9.59 Å². The van der Waals surface area contributed by atoms with Gasteiger partial charge in [0.2, 0.25) is 0 Å². The van der Waals surface area contributed by atoms with Gasteiger partial charge < -0.3 is 15.6 Å². The quantitative estimate of drug-likeness (QED) is 0.435. The van der Waals surface area contributed by atoms with Gasteiger partial charge in [0.15, 0.2) is 5.75 Å². The predicted molar refractivity (Wildman–Crippen MR) is 110 cm³/mol. The molecule has 0 atom stereocenters. The van der Waals surface area contributed by atoms with Crippen LogP contribution in [0.1, 0.15) is 25.1 Å². The van der Waals surface area contributed by atoms with Gasteiger partial charge in [-0.2, -0.15) is 0 Å². The number of carbonyl (C=O) groups excluding carboxylic acids is 2. The number of aromatic nitrogens is 1. The number of rotatable bonds is 6. The molecule has 0 saturated carbocycles. The zero-order valence-corrected chi connectivity index (χ0v) is 17.1. The number of nitrogens with one attached hydrogen (secondary N) is 1. The van der Waals surface area contributed by atoms with Crippen LogP contribution in [-0.4, -0.2) is 16.6 Å². The lowest BCUT2D eigenvalue weighted by Crippen LogP contribution is -2.20. The van der Waals surface area contributed by atoms with E-state index < -0.39 is 12.0 Å². The second kappa shape index (κ2) is 8.35. The average molecular weight is 446 g/mol. The Bertz CT molecular complexity index is 1050. The summed E-state index contributed by atoms with van der Waals surface area (Å²) in [6, 6.07) is 12.6. The maximum absolute atomic E-state index is 11.6. The molecule has 2 amide bonds. The molecule has 8 heteroatoms. The van der Waals surface area contributed by atoms with E-state index >= 15 is 0 Å². The van der Waals surface area contributed by atoms with E-state index in [1.165, 1.54) is 6.92 Å². The predicted octanol–water partition coefficient (Wildman–Crippen LogP) is 4.36. The first-order chi connectivity index (χ1) is 13.4. The highest BCUT2D eigenvalue weighted by Gasteiger charge is 2.22. The van der Waals surface area contributed by atoms with Crippen LogP contribution in [0.5, 0.6) is 5.75 Å². The second-order valence-corrected chi connectivity index (χ2v) is 7.00. The Labute approximate surface area is 170 Å². The van der Waals surface area contributed by atoms with Crippen molar-refractivity contribution in [1.29, 1.82) is 0 Å². The number of fused-ring (bicyclic) bond motifs is 1. The summed E-state index contributed by atoms with van der Waals surface area (Å²) in [5.41, 5.74) is 8.72. The Kier molecular flexibility index (Phi) is 5.89. The van der Waals surface area contributed by atoms with E-state index in [2.05, 4.69) is 25.8 Å². The number of urea groups is 1. The summed E-state index contributed by atoms with van der Waals surface area (Å²) in [6.07, 6.45) is 0.641. The van der Waals surface area contributed by atoms with Crippen LogP contribution in [0.25, 0.3) is 10.9 Å². The molecule has 0 aliphatic heterocycles. The SMILES string of the molecule is CCc1c(NC(N)=O)c2c(OOC(C)=O)cccc2n1Cc1ccccc1Br. The normalized spacial score (nSPS) is 10.7. The van der Waals surface area contributed by atoms with Crippen LogP contribution in [-0.2, 0) is 22.6 Å². The Morgan fingerprint density at radius 3 is 2.57 bits per heavy atom. The molecule has 28 heavy (non-hydrogen) atoms. The molecule has 1 heterocycles. The Balaban J connectivity index is 2.22. The van der Waals surface area contributed by atoms with Crippen LogP contribution in [0.4, 0.5) is 10.5 Å². The van der Waals surface area contributed by atoms with Crippen LogP contribution in [0, 0.1) is 0 Å². The molecule has 0 spiro atoms. The van der Waals surface area contributed by atoms with Crippen molar-refractivity contribution in [1.82, 2.24) is 4.57 Å². The third-order valence-corrected chi connectivity index (χ3v) is 5.05. The largest absolute Gasteiger partial charge is 0.352 e. The molecule has 1 aromatic heterocycles. The fraction of sp³-hybridized carbons (Fsp3) is 0.200. The van der Waals surface area contributed by atoms with Gasteiger partial charge in [-0.1, -0.05) is 47.1 Å². The summed E-state index contributed by atoms with van der Waals surface area (Å²) in [7, 11) is 0. The number of amides is 2. The standard InChI is InChI=1S/C20H20BrN3O4/c1-3-15-19(23-20(22)26)18-16(9-6-10-17(18)28-27-12(2)25)24(15)11-13-7-4-5-8-14(13)21/h4-10H,3,11H2,1-2H3,(H3,22,23,26). The topological polar surface area (TPSA) is 95.6 Å². The number of nitrogens with two attached hydrogens (primary N) is 1. The van der Waals surface area contributed by atoms with Crippen molar-refractivity contribution in [3.05, 3.63) is 58.2 Å². The number of carbonyl (C=O) groups is 2. The van der Waals surface area contributed by atoms with Crippen molar-refractivity contribution in [3.63, 3.8) is 0 Å². The van der Waals surface area contributed by atoms with Crippen LogP contribution in [0.2, 0.25) is 0 Å². The zero-order chi connectivity index (χ0) is 20.3. The molecule has 146 valence electrons. The maximum Gasteiger partial charge on any atom is 0.352 e. The zero-order valence-electron chi connectivity index (χ0n) is 15.5. The van der Waals surface area contributed by atoms with E-state index in [1.807, 2.05) is 37.3 Å². The summed E-state index contributed by atoms with van der Waals surface area (Å²) in [5, 5.41) is 3.32. The first kappa shape index (κ1) is 19.8. The highest BCUT2D eigenvalue weighted by molar-refractivity contribution is 9.10. The summed E-state index contributed by atoms with van der Waals surface area (Å²) in [5.74, 6) is -0.262. The van der Waals surface area contributed by atoms with Crippen molar-refractivity contribution in [2.24, 2.45) is 5.73 Å². The van der Waals surface area contributed by atoms with Gasteiger partial charge in [0.05, 0.1) is 16.6 Å². The van der Waals surface area contributed by atoms with Crippen LogP contribution >= 0.6 is 15.9 Å². The molecule has 0 fully saturated rings. The maximum atomic E-state index is 11.6. The lowest BCUT2D eigenvalue weighted by atomic mass is 10.2. The average Bonchev–Trinajstić information content (AvgIpc) is 2.94. The van der Waals surface area contributed by atoms with Crippen molar-refractivity contribution in [3.8, 4) is 5.75 Å². The minimum atomic E-state index is -0.683. The lowest BCUT2D eigenvalue weighted by molar-refractivity contribution is -0.210. The lowest BCUT2D eigenvalue weighted by Gasteiger charge is -2.12. The molecular weight excluding hydrogens is 426 g/mol. The van der Waals surface area contributed by atoms with Gasteiger partial charge in [0.25, 0.3) is 0 Å². The minimum Gasteiger partial charge on any atom is -0.351 e. The van der Waals surface area contributed by atoms with Gasteiger partial charge in [0.1, 0.15) is 0 Å². The second-order valence-electron chi connectivity index (χ2n) is 6.15. The van der Waals surface area contributed by atoms with Crippen LogP contribution < -0.4 is 15.9 Å². The Hall–Kier alpha value is -3.00. The minimum absolute atomic E-state index is 0.317. The van der Waals surface area contributed by atoms with Gasteiger partial charge in [-0.3, -0.25) is 9.78 Å². The Morgan fingerprint density at radius 2 is 1.93 bits per heavy atom. The molecule has 0 aliphatic carbocycles. The monoisotopic (exact) mass is 445 g/mol. The fourth-order valence-electron chi connectivity index (χ4n) is 3.20. The molecule has 7 nitrogen and oxygen atoms in total. The van der Waals surface area contributed by atoms with Gasteiger partial charge in [-0.25, -0.2) is 9.59 Å². The Morgan fingerprint density at radius 1 is 1.18 bits per heavy atom. The first-order valence-electron chi connectivity index (χ1n) is 8.71. The third kappa shape index (κ3) is 3.96. The fourth-order valence-corrected chi connectivity index (χ4v) is 3.61. The number of halogens is 1. The van der Waals surface area contributed by atoms with Gasteiger partial charge in [-0.05, 0) is 30.2 Å². The van der Waals surface area contributed by atoms with Crippen molar-refractivity contribution in [2.45, 2.75) is 26.8 Å². The number of benzene rings is 2. The summed E-state index contributed by atoms with van der Waals surface area (Å²) in [4.78, 5) is 32.8. The molecule has 0 unspecified atom stereocenters. The number of hydrogen-bond donors (Lipinski definition) is 2. The van der Waals surface area contributed by atoms with Crippen molar-refractivity contribution in [2.75, 3.05) is 5.32 Å².